The molecule has 6 nitrogen and oxygen atoms in total. The Hall–Kier alpha value is -1.30. The van der Waals surface area contributed by atoms with Gasteiger partial charge in [-0.15, -0.1) is 0 Å². The molecule has 0 aromatic rings. The van der Waals surface area contributed by atoms with Crippen LogP contribution in [-0.4, -0.2) is 54.9 Å². The van der Waals surface area contributed by atoms with E-state index in [1.165, 1.54) is 14.2 Å². The first-order chi connectivity index (χ1) is 6.60. The monoisotopic (exact) mass is 202 g/mol. The van der Waals surface area contributed by atoms with Crippen LogP contribution in [-0.2, 0) is 9.53 Å². The molecular weight excluding hydrogens is 188 g/mol. The number of carboxylic acid groups (broad SMARTS) is 1. The van der Waals surface area contributed by atoms with Crippen LogP contribution in [0.5, 0.6) is 0 Å². The highest BCUT2D eigenvalue weighted by molar-refractivity contribution is 5.85. The third-order valence-electron chi connectivity index (χ3n) is 2.39. The minimum absolute atomic E-state index is 0.187. The zero-order valence-electron chi connectivity index (χ0n) is 8.19. The Balaban J connectivity index is 2.71. The lowest BCUT2D eigenvalue weighted by Crippen LogP contribution is -2.44. The lowest BCUT2D eigenvalue weighted by molar-refractivity contribution is -0.124. The van der Waals surface area contributed by atoms with Gasteiger partial charge in [0.05, 0.1) is 12.6 Å². The maximum atomic E-state index is 11.3. The van der Waals surface area contributed by atoms with Crippen LogP contribution in [0.25, 0.3) is 0 Å². The van der Waals surface area contributed by atoms with Gasteiger partial charge in [-0.3, -0.25) is 9.69 Å². The number of nitrogens with one attached hydrogen (secondary N) is 1. The molecule has 1 aliphatic rings. The third kappa shape index (κ3) is 1.95. The Bertz CT molecular complexity index is 243. The summed E-state index contributed by atoms with van der Waals surface area (Å²) < 4.78 is 5.03. The van der Waals surface area contributed by atoms with E-state index in [1.807, 2.05) is 0 Å². The van der Waals surface area contributed by atoms with Crippen LogP contribution in [0.15, 0.2) is 0 Å². The Morgan fingerprint density at radius 2 is 2.21 bits per heavy atom. The van der Waals surface area contributed by atoms with Crippen molar-refractivity contribution in [3.63, 3.8) is 0 Å². The fourth-order valence-electron chi connectivity index (χ4n) is 1.59. The van der Waals surface area contributed by atoms with Crippen LogP contribution >= 0.6 is 0 Å². The molecule has 6 heteroatoms. The van der Waals surface area contributed by atoms with Gasteiger partial charge in [0.2, 0.25) is 5.91 Å². The van der Waals surface area contributed by atoms with E-state index < -0.39 is 12.1 Å². The van der Waals surface area contributed by atoms with Gasteiger partial charge in [-0.25, -0.2) is 4.79 Å². The minimum atomic E-state index is -1.09. The number of rotatable bonds is 2. The fourth-order valence-corrected chi connectivity index (χ4v) is 1.59. The molecule has 0 radical (unpaired) electrons. The van der Waals surface area contributed by atoms with E-state index in [0.29, 0.717) is 6.42 Å². The van der Waals surface area contributed by atoms with Crippen LogP contribution in [0.1, 0.15) is 6.42 Å². The van der Waals surface area contributed by atoms with Crippen LogP contribution in [0.2, 0.25) is 0 Å². The second-order valence-electron chi connectivity index (χ2n) is 3.16. The van der Waals surface area contributed by atoms with Crippen molar-refractivity contribution < 1.29 is 19.4 Å². The van der Waals surface area contributed by atoms with E-state index in [1.54, 1.807) is 0 Å². The SMILES string of the molecule is CNC(=O)[C@@H]1C[C@@H](OC)CN1C(=O)O. The van der Waals surface area contributed by atoms with Crippen molar-refractivity contribution in [2.24, 2.45) is 0 Å². The van der Waals surface area contributed by atoms with Crippen LogP contribution in [0.3, 0.4) is 0 Å². The summed E-state index contributed by atoms with van der Waals surface area (Å²) in [4.78, 5) is 23.2. The highest BCUT2D eigenvalue weighted by Crippen LogP contribution is 2.19. The highest BCUT2D eigenvalue weighted by Gasteiger charge is 2.39. The molecule has 80 valence electrons. The summed E-state index contributed by atoms with van der Waals surface area (Å²) in [6, 6.07) is -0.623. The minimum Gasteiger partial charge on any atom is -0.465 e. The Labute approximate surface area is 81.8 Å². The first-order valence-corrected chi connectivity index (χ1v) is 4.34. The molecule has 1 fully saturated rings. The van der Waals surface area contributed by atoms with Crippen molar-refractivity contribution in [3.8, 4) is 0 Å². The first kappa shape index (κ1) is 10.8. The van der Waals surface area contributed by atoms with Gasteiger partial charge in [0.25, 0.3) is 0 Å². The highest BCUT2D eigenvalue weighted by atomic mass is 16.5. The average molecular weight is 202 g/mol. The van der Waals surface area contributed by atoms with E-state index in [-0.39, 0.29) is 18.6 Å². The molecule has 0 unspecified atom stereocenters. The number of hydrogen-bond acceptors (Lipinski definition) is 3. The number of amides is 2. The zero-order valence-corrected chi connectivity index (χ0v) is 8.19. The van der Waals surface area contributed by atoms with Gasteiger partial charge in [0, 0.05) is 20.6 Å². The summed E-state index contributed by atoms with van der Waals surface area (Å²) in [6.45, 7) is 0.254. The molecule has 2 N–H and O–H groups in total. The maximum Gasteiger partial charge on any atom is 0.408 e. The Kier molecular flexibility index (Phi) is 3.29. The van der Waals surface area contributed by atoms with E-state index in [9.17, 15) is 9.59 Å². The fraction of sp³-hybridized carbons (Fsp3) is 0.750. The van der Waals surface area contributed by atoms with Crippen molar-refractivity contribution in [2.75, 3.05) is 20.7 Å². The predicted octanol–water partition coefficient (Wildman–Crippen LogP) is -0.500. The third-order valence-corrected chi connectivity index (χ3v) is 2.39. The summed E-state index contributed by atoms with van der Waals surface area (Å²) in [5, 5.41) is 11.3. The zero-order chi connectivity index (χ0) is 10.7. The smallest absolute Gasteiger partial charge is 0.408 e. The molecule has 1 aliphatic heterocycles. The molecule has 0 aliphatic carbocycles. The second kappa shape index (κ2) is 4.28. The van der Waals surface area contributed by atoms with Gasteiger partial charge < -0.3 is 15.2 Å². The van der Waals surface area contributed by atoms with Gasteiger partial charge in [-0.1, -0.05) is 0 Å². The quantitative estimate of drug-likeness (QED) is 0.632. The molecule has 2 atom stereocenters. The van der Waals surface area contributed by atoms with E-state index in [0.717, 1.165) is 4.90 Å². The summed E-state index contributed by atoms with van der Waals surface area (Å²) in [5.41, 5.74) is 0. The topological polar surface area (TPSA) is 78.9 Å². The summed E-state index contributed by atoms with van der Waals surface area (Å²) in [5.74, 6) is -0.285. The molecule has 14 heavy (non-hydrogen) atoms. The number of ether oxygens (including phenoxy) is 1. The molecule has 1 rings (SSSR count). The number of carbonyl (C=O) groups is 2. The van der Waals surface area contributed by atoms with Gasteiger partial charge in [0.1, 0.15) is 6.04 Å². The molecule has 2 amide bonds. The van der Waals surface area contributed by atoms with Crippen LogP contribution in [0.4, 0.5) is 4.79 Å². The molecule has 1 saturated heterocycles. The maximum absolute atomic E-state index is 11.3. The lowest BCUT2D eigenvalue weighted by atomic mass is 10.2. The van der Waals surface area contributed by atoms with E-state index in [2.05, 4.69) is 5.32 Å². The molecule has 0 aromatic heterocycles. The summed E-state index contributed by atoms with van der Waals surface area (Å²) in [7, 11) is 3.00. The van der Waals surface area contributed by atoms with Gasteiger partial charge in [0.15, 0.2) is 0 Å². The van der Waals surface area contributed by atoms with Crippen molar-refractivity contribution in [2.45, 2.75) is 18.6 Å². The molecule has 1 heterocycles. The van der Waals surface area contributed by atoms with Crippen molar-refractivity contribution in [1.82, 2.24) is 10.2 Å². The number of carbonyl (C=O) groups excluding carboxylic acids is 1. The molecule has 0 saturated carbocycles. The molecule has 0 spiro atoms. The van der Waals surface area contributed by atoms with Crippen molar-refractivity contribution in [1.29, 1.82) is 0 Å². The number of likely N-dealkylation sites (N-methyl/N-ethyl adjacent to an activating group) is 1. The first-order valence-electron chi connectivity index (χ1n) is 4.34. The number of nitrogens with zero attached hydrogens (tertiary/aromatic N) is 1. The molecular formula is C8H14N2O4. The van der Waals surface area contributed by atoms with E-state index in [4.69, 9.17) is 9.84 Å². The Morgan fingerprint density at radius 3 is 2.64 bits per heavy atom. The van der Waals surface area contributed by atoms with Crippen molar-refractivity contribution in [3.05, 3.63) is 0 Å². The number of hydrogen-bond donors (Lipinski definition) is 2. The lowest BCUT2D eigenvalue weighted by Gasteiger charge is -2.18. The largest absolute Gasteiger partial charge is 0.465 e. The van der Waals surface area contributed by atoms with E-state index >= 15 is 0 Å². The number of likely N-dealkylation sites (tertiary alicyclic amines) is 1. The second-order valence-corrected chi connectivity index (χ2v) is 3.16. The molecule has 0 bridgehead atoms. The average Bonchev–Trinajstić information content (AvgIpc) is 2.60. The van der Waals surface area contributed by atoms with Gasteiger partial charge >= 0.3 is 6.09 Å². The van der Waals surface area contributed by atoms with Crippen LogP contribution < -0.4 is 5.32 Å². The standard InChI is InChI=1S/C8H14N2O4/c1-9-7(11)6-3-5(14-2)4-10(6)8(12)13/h5-6H,3-4H2,1-2H3,(H,9,11)(H,12,13)/t5-,6+/m1/s1. The van der Waals surface area contributed by atoms with Crippen molar-refractivity contribution >= 4 is 12.0 Å². The van der Waals surface area contributed by atoms with Gasteiger partial charge in [-0.2, -0.15) is 0 Å². The predicted molar refractivity (Wildman–Crippen MR) is 48.0 cm³/mol. The Morgan fingerprint density at radius 1 is 1.57 bits per heavy atom. The van der Waals surface area contributed by atoms with Crippen LogP contribution in [0, 0.1) is 0 Å². The number of methoxy groups -OCH3 is 1. The summed E-state index contributed by atoms with van der Waals surface area (Å²) in [6.07, 6.45) is -0.853. The van der Waals surface area contributed by atoms with Gasteiger partial charge in [-0.05, 0) is 0 Å². The normalized spacial score (nSPS) is 26.3. The summed E-state index contributed by atoms with van der Waals surface area (Å²) >= 11 is 0. The molecule has 0 aromatic carbocycles.